The fourth-order valence-electron chi connectivity index (χ4n) is 3.33. The highest BCUT2D eigenvalue weighted by Gasteiger charge is 2.37. The molecule has 1 aromatic carbocycles. The molecule has 2 amide bonds. The van der Waals surface area contributed by atoms with E-state index < -0.39 is 5.60 Å². The predicted molar refractivity (Wildman–Crippen MR) is 96.5 cm³/mol. The van der Waals surface area contributed by atoms with Crippen LogP contribution in [-0.2, 0) is 11.3 Å². The van der Waals surface area contributed by atoms with Gasteiger partial charge in [0.25, 0.3) is 5.91 Å². The molecule has 2 heterocycles. The van der Waals surface area contributed by atoms with E-state index in [4.69, 9.17) is 0 Å². The molecule has 138 valence electrons. The smallest absolute Gasteiger partial charge is 0.253 e. The normalized spacial score (nSPS) is 20.0. The molecule has 0 saturated carbocycles. The molecule has 7 nitrogen and oxygen atoms in total. The van der Waals surface area contributed by atoms with Crippen LogP contribution in [0.4, 0.5) is 0 Å². The second kappa shape index (κ2) is 7.70. The Bertz CT molecular complexity index is 758. The Labute approximate surface area is 152 Å². The summed E-state index contributed by atoms with van der Waals surface area (Å²) in [7, 11) is 1.54. The number of aromatic nitrogens is 2. The zero-order valence-corrected chi connectivity index (χ0v) is 14.9. The van der Waals surface area contributed by atoms with Crippen molar-refractivity contribution in [3.05, 3.63) is 53.9 Å². The van der Waals surface area contributed by atoms with Gasteiger partial charge >= 0.3 is 0 Å². The number of carbonyl (C=O) groups is 2. The lowest BCUT2D eigenvalue weighted by atomic mass is 9.89. The van der Waals surface area contributed by atoms with Crippen molar-refractivity contribution < 1.29 is 14.7 Å². The molecule has 1 aliphatic heterocycles. The van der Waals surface area contributed by atoms with Crippen LogP contribution < -0.4 is 5.32 Å². The van der Waals surface area contributed by atoms with Gasteiger partial charge in [0.1, 0.15) is 0 Å². The standard InChI is InChI=1S/C19H24N4O3/c1-20-17(24)12-19(26)8-2-10-22(14-19)18(25)16-6-4-15(5-7-16)13-23-11-3-9-21-23/h3-7,9,11,26H,2,8,10,12-14H2,1H3,(H,20,24). The number of aliphatic hydroxyl groups is 1. The summed E-state index contributed by atoms with van der Waals surface area (Å²) in [6, 6.07) is 9.29. The molecular weight excluding hydrogens is 332 g/mol. The average Bonchev–Trinajstić information content (AvgIpc) is 3.14. The first-order chi connectivity index (χ1) is 12.5. The second-order valence-corrected chi connectivity index (χ2v) is 6.81. The van der Waals surface area contributed by atoms with Crippen molar-refractivity contribution in [2.75, 3.05) is 20.1 Å². The summed E-state index contributed by atoms with van der Waals surface area (Å²) in [5.74, 6) is -0.338. The van der Waals surface area contributed by atoms with Crippen molar-refractivity contribution in [2.24, 2.45) is 0 Å². The molecule has 1 aromatic heterocycles. The number of nitrogens with one attached hydrogen (secondary N) is 1. The third-order valence-corrected chi connectivity index (χ3v) is 4.72. The van der Waals surface area contributed by atoms with Crippen LogP contribution in [0, 0.1) is 0 Å². The molecule has 1 saturated heterocycles. The zero-order valence-electron chi connectivity index (χ0n) is 14.9. The highest BCUT2D eigenvalue weighted by molar-refractivity contribution is 5.94. The molecule has 1 atom stereocenters. The number of hydrogen-bond acceptors (Lipinski definition) is 4. The summed E-state index contributed by atoms with van der Waals surface area (Å²) >= 11 is 0. The van der Waals surface area contributed by atoms with E-state index >= 15 is 0 Å². The first-order valence-corrected chi connectivity index (χ1v) is 8.78. The van der Waals surface area contributed by atoms with Gasteiger partial charge in [0.2, 0.25) is 5.91 Å². The summed E-state index contributed by atoms with van der Waals surface area (Å²) in [6.45, 7) is 1.41. The Morgan fingerprint density at radius 2 is 2.08 bits per heavy atom. The zero-order chi connectivity index (χ0) is 18.6. The monoisotopic (exact) mass is 356 g/mol. The van der Waals surface area contributed by atoms with E-state index in [0.29, 0.717) is 31.5 Å². The topological polar surface area (TPSA) is 87.5 Å². The number of rotatable bonds is 5. The molecule has 26 heavy (non-hydrogen) atoms. The van der Waals surface area contributed by atoms with Crippen molar-refractivity contribution in [3.8, 4) is 0 Å². The van der Waals surface area contributed by atoms with Crippen LogP contribution >= 0.6 is 0 Å². The Hall–Kier alpha value is -2.67. The van der Waals surface area contributed by atoms with Crippen molar-refractivity contribution in [2.45, 2.75) is 31.4 Å². The van der Waals surface area contributed by atoms with Crippen molar-refractivity contribution in [1.29, 1.82) is 0 Å². The average molecular weight is 356 g/mol. The summed E-state index contributed by atoms with van der Waals surface area (Å²) in [5, 5.41) is 17.4. The van der Waals surface area contributed by atoms with Gasteiger partial charge in [-0.1, -0.05) is 12.1 Å². The number of β-amino-alcohol motifs (C(OH)–C–C–N with tert-alkyl or cyclic N) is 1. The van der Waals surface area contributed by atoms with Gasteiger partial charge < -0.3 is 15.3 Å². The molecule has 0 bridgehead atoms. The predicted octanol–water partition coefficient (Wildman–Crippen LogP) is 1.03. The van der Waals surface area contributed by atoms with Gasteiger partial charge in [0, 0.05) is 31.5 Å². The van der Waals surface area contributed by atoms with Crippen LogP contribution in [0.1, 0.15) is 35.2 Å². The number of likely N-dealkylation sites (tertiary alicyclic amines) is 1. The Balaban J connectivity index is 1.65. The number of carbonyl (C=O) groups excluding carboxylic acids is 2. The lowest BCUT2D eigenvalue weighted by Crippen LogP contribution is -2.52. The third kappa shape index (κ3) is 4.29. The maximum atomic E-state index is 12.8. The summed E-state index contributed by atoms with van der Waals surface area (Å²) in [6.07, 6.45) is 4.83. The van der Waals surface area contributed by atoms with E-state index in [1.165, 1.54) is 0 Å². The maximum Gasteiger partial charge on any atom is 0.253 e. The minimum atomic E-state index is -1.16. The van der Waals surface area contributed by atoms with Gasteiger partial charge in [-0.25, -0.2) is 0 Å². The molecule has 3 rings (SSSR count). The number of benzene rings is 1. The van der Waals surface area contributed by atoms with Gasteiger partial charge in [-0.2, -0.15) is 5.10 Å². The van der Waals surface area contributed by atoms with E-state index in [0.717, 1.165) is 5.56 Å². The van der Waals surface area contributed by atoms with E-state index in [9.17, 15) is 14.7 Å². The van der Waals surface area contributed by atoms with Crippen molar-refractivity contribution in [1.82, 2.24) is 20.0 Å². The first-order valence-electron chi connectivity index (χ1n) is 8.78. The molecule has 0 radical (unpaired) electrons. The molecule has 1 fully saturated rings. The van der Waals surface area contributed by atoms with Gasteiger partial charge in [0.05, 0.1) is 25.1 Å². The fraction of sp³-hybridized carbons (Fsp3) is 0.421. The van der Waals surface area contributed by atoms with Gasteiger partial charge in [-0.05, 0) is 36.6 Å². The minimum absolute atomic E-state index is 0.0100. The number of amides is 2. The molecule has 0 aliphatic carbocycles. The van der Waals surface area contributed by atoms with Crippen LogP contribution in [0.25, 0.3) is 0 Å². The van der Waals surface area contributed by atoms with Crippen LogP contribution in [0.5, 0.6) is 0 Å². The van der Waals surface area contributed by atoms with Crippen LogP contribution in [0.2, 0.25) is 0 Å². The van der Waals surface area contributed by atoms with Gasteiger partial charge in [-0.15, -0.1) is 0 Å². The van der Waals surface area contributed by atoms with Crippen LogP contribution in [-0.4, -0.2) is 57.3 Å². The lowest BCUT2D eigenvalue weighted by Gasteiger charge is -2.38. The van der Waals surface area contributed by atoms with Gasteiger partial charge in [-0.3, -0.25) is 14.3 Å². The van der Waals surface area contributed by atoms with Crippen LogP contribution in [0.3, 0.4) is 0 Å². The minimum Gasteiger partial charge on any atom is -0.388 e. The molecule has 1 aliphatic rings. The summed E-state index contributed by atoms with van der Waals surface area (Å²) in [5.41, 5.74) is 0.479. The SMILES string of the molecule is CNC(=O)CC1(O)CCCN(C(=O)c2ccc(Cn3cccn3)cc2)C1. The number of hydrogen-bond donors (Lipinski definition) is 2. The maximum absolute atomic E-state index is 12.8. The van der Waals surface area contributed by atoms with E-state index in [1.54, 1.807) is 30.3 Å². The Morgan fingerprint density at radius 3 is 2.73 bits per heavy atom. The van der Waals surface area contributed by atoms with Crippen molar-refractivity contribution in [3.63, 3.8) is 0 Å². The molecule has 1 unspecified atom stereocenters. The lowest BCUT2D eigenvalue weighted by molar-refractivity contribution is -0.127. The van der Waals surface area contributed by atoms with Crippen molar-refractivity contribution >= 4 is 11.8 Å². The highest BCUT2D eigenvalue weighted by atomic mass is 16.3. The first kappa shape index (κ1) is 18.1. The number of piperidine rings is 1. The third-order valence-electron chi connectivity index (χ3n) is 4.72. The molecule has 0 spiro atoms. The molecular formula is C19H24N4O3. The second-order valence-electron chi connectivity index (χ2n) is 6.81. The van der Waals surface area contributed by atoms with E-state index in [1.807, 2.05) is 29.1 Å². The summed E-state index contributed by atoms with van der Waals surface area (Å²) in [4.78, 5) is 26.0. The highest BCUT2D eigenvalue weighted by Crippen LogP contribution is 2.25. The Morgan fingerprint density at radius 1 is 1.31 bits per heavy atom. The fourth-order valence-corrected chi connectivity index (χ4v) is 3.33. The molecule has 7 heteroatoms. The van der Waals surface area contributed by atoms with Crippen LogP contribution in [0.15, 0.2) is 42.7 Å². The Kier molecular flexibility index (Phi) is 5.37. The summed E-state index contributed by atoms with van der Waals surface area (Å²) < 4.78 is 1.82. The number of nitrogens with zero attached hydrogens (tertiary/aromatic N) is 3. The van der Waals surface area contributed by atoms with E-state index in [2.05, 4.69) is 10.4 Å². The van der Waals surface area contributed by atoms with E-state index in [-0.39, 0.29) is 24.8 Å². The molecule has 2 aromatic rings. The quantitative estimate of drug-likeness (QED) is 0.838. The largest absolute Gasteiger partial charge is 0.388 e. The molecule has 2 N–H and O–H groups in total. The van der Waals surface area contributed by atoms with Gasteiger partial charge in [0.15, 0.2) is 0 Å².